The third-order valence-electron chi connectivity index (χ3n) is 2.98. The van der Waals surface area contributed by atoms with Crippen LogP contribution >= 0.6 is 0 Å². The van der Waals surface area contributed by atoms with E-state index < -0.39 is 17.2 Å². The second kappa shape index (κ2) is 6.05. The molecular weight excluding hydrogens is 228 g/mol. The normalized spacial score (nSPS) is 11.8. The Morgan fingerprint density at radius 1 is 1.18 bits per heavy atom. The minimum absolute atomic E-state index is 0.0759. The van der Waals surface area contributed by atoms with Gasteiger partial charge in [-0.2, -0.15) is 0 Å². The zero-order valence-corrected chi connectivity index (χ0v) is 9.71. The zero-order chi connectivity index (χ0) is 12.9. The largest absolute Gasteiger partial charge is 0.394 e. The molecule has 0 unspecified atom stereocenters. The molecule has 1 aromatic carbocycles. The minimum Gasteiger partial charge on any atom is -0.394 e. The first kappa shape index (κ1) is 14.0. The first-order chi connectivity index (χ1) is 8.08. The molecule has 0 bridgehead atoms. The Balaban J connectivity index is 2.79. The van der Waals surface area contributed by atoms with Gasteiger partial charge in [0.2, 0.25) is 0 Å². The summed E-state index contributed by atoms with van der Waals surface area (Å²) in [5.41, 5.74) is -0.999. The lowest BCUT2D eigenvalue weighted by Crippen LogP contribution is -2.51. The number of aliphatic hydroxyl groups is 2. The highest BCUT2D eigenvalue weighted by Gasteiger charge is 2.26. The second-order valence-corrected chi connectivity index (χ2v) is 4.00. The van der Waals surface area contributed by atoms with Gasteiger partial charge in [-0.3, -0.25) is 0 Å². The quantitative estimate of drug-likeness (QED) is 0.705. The lowest BCUT2D eigenvalue weighted by Gasteiger charge is -2.30. The van der Waals surface area contributed by atoms with Gasteiger partial charge in [0.25, 0.3) is 0 Å². The number of halogens is 2. The highest BCUT2D eigenvalue weighted by Crippen LogP contribution is 2.15. The van der Waals surface area contributed by atoms with Crippen molar-refractivity contribution < 1.29 is 19.0 Å². The summed E-state index contributed by atoms with van der Waals surface area (Å²) in [7, 11) is 0. The van der Waals surface area contributed by atoms with Gasteiger partial charge >= 0.3 is 0 Å². The summed E-state index contributed by atoms with van der Waals surface area (Å²) in [4.78, 5) is 0. The van der Waals surface area contributed by atoms with Gasteiger partial charge in [0.15, 0.2) is 0 Å². The zero-order valence-electron chi connectivity index (χ0n) is 9.71. The van der Waals surface area contributed by atoms with Gasteiger partial charge < -0.3 is 15.5 Å². The van der Waals surface area contributed by atoms with Crippen molar-refractivity contribution in [3.05, 3.63) is 35.4 Å². The molecular formula is C12H17F2NO2. The number of hydrogen-bond donors (Lipinski definition) is 3. The van der Waals surface area contributed by atoms with E-state index in [9.17, 15) is 19.0 Å². The summed E-state index contributed by atoms with van der Waals surface area (Å²) in [6.07, 6.45) is 0.454. The smallest absolute Gasteiger partial charge is 0.130 e. The summed E-state index contributed by atoms with van der Waals surface area (Å²) in [6, 6.07) is 3.64. The Bertz CT molecular complexity index is 339. The van der Waals surface area contributed by atoms with Crippen LogP contribution < -0.4 is 5.32 Å². The van der Waals surface area contributed by atoms with Gasteiger partial charge in [0, 0.05) is 12.1 Å². The van der Waals surface area contributed by atoms with Crippen LogP contribution in [-0.2, 0) is 6.54 Å². The highest BCUT2D eigenvalue weighted by atomic mass is 19.1. The highest BCUT2D eigenvalue weighted by molar-refractivity contribution is 5.19. The van der Waals surface area contributed by atoms with Crippen molar-refractivity contribution in [1.29, 1.82) is 0 Å². The van der Waals surface area contributed by atoms with Crippen LogP contribution in [0.3, 0.4) is 0 Å². The van der Waals surface area contributed by atoms with Gasteiger partial charge in [-0.05, 0) is 18.6 Å². The van der Waals surface area contributed by atoms with Gasteiger partial charge in [-0.25, -0.2) is 8.78 Å². The maximum atomic E-state index is 13.3. The lowest BCUT2D eigenvalue weighted by atomic mass is 9.98. The maximum absolute atomic E-state index is 13.3. The number of rotatable bonds is 6. The molecule has 0 aliphatic rings. The first-order valence-electron chi connectivity index (χ1n) is 5.48. The van der Waals surface area contributed by atoms with Crippen molar-refractivity contribution in [3.63, 3.8) is 0 Å². The molecule has 0 saturated heterocycles. The van der Waals surface area contributed by atoms with Crippen LogP contribution in [0.1, 0.15) is 18.9 Å². The molecule has 0 amide bonds. The Labute approximate surface area is 99.1 Å². The fraction of sp³-hybridized carbons (Fsp3) is 0.500. The van der Waals surface area contributed by atoms with E-state index in [-0.39, 0.29) is 25.3 Å². The van der Waals surface area contributed by atoms with Crippen LogP contribution in [0, 0.1) is 11.6 Å². The summed E-state index contributed by atoms with van der Waals surface area (Å²) in [5, 5.41) is 21.2. The van der Waals surface area contributed by atoms with Crippen molar-refractivity contribution in [2.45, 2.75) is 25.4 Å². The van der Waals surface area contributed by atoms with E-state index in [0.717, 1.165) is 0 Å². The van der Waals surface area contributed by atoms with E-state index in [1.807, 2.05) is 0 Å². The molecule has 0 fully saturated rings. The van der Waals surface area contributed by atoms with E-state index in [1.54, 1.807) is 6.92 Å². The number of hydrogen-bond acceptors (Lipinski definition) is 3. The fourth-order valence-corrected chi connectivity index (χ4v) is 1.49. The molecule has 0 heterocycles. The van der Waals surface area contributed by atoms with Gasteiger partial charge in [0.1, 0.15) is 11.6 Å². The van der Waals surface area contributed by atoms with E-state index in [0.29, 0.717) is 6.42 Å². The average molecular weight is 245 g/mol. The molecule has 3 nitrogen and oxygen atoms in total. The summed E-state index contributed by atoms with van der Waals surface area (Å²) in [5.74, 6) is -1.28. The molecule has 0 aliphatic heterocycles. The van der Waals surface area contributed by atoms with Crippen molar-refractivity contribution in [1.82, 2.24) is 5.32 Å². The SMILES string of the molecule is CCC(CO)(CO)NCc1c(F)cccc1F. The number of aliphatic hydroxyl groups excluding tert-OH is 2. The summed E-state index contributed by atoms with van der Waals surface area (Å²) in [6.45, 7) is 1.11. The van der Waals surface area contributed by atoms with Gasteiger partial charge in [-0.1, -0.05) is 13.0 Å². The van der Waals surface area contributed by atoms with E-state index in [1.165, 1.54) is 18.2 Å². The standard InChI is InChI=1S/C12H17F2NO2/c1-2-12(7-16,8-17)15-6-9-10(13)4-3-5-11(9)14/h3-5,15-17H,2,6-8H2,1H3. The van der Waals surface area contributed by atoms with Crippen molar-refractivity contribution >= 4 is 0 Å². The predicted octanol–water partition coefficient (Wildman–Crippen LogP) is 1.19. The van der Waals surface area contributed by atoms with E-state index >= 15 is 0 Å². The van der Waals surface area contributed by atoms with Crippen LogP contribution in [0.15, 0.2) is 18.2 Å². The first-order valence-corrected chi connectivity index (χ1v) is 5.48. The number of nitrogens with one attached hydrogen (secondary N) is 1. The molecule has 0 atom stereocenters. The van der Waals surface area contributed by atoms with E-state index in [4.69, 9.17) is 0 Å². The van der Waals surface area contributed by atoms with Crippen molar-refractivity contribution in [2.75, 3.05) is 13.2 Å². The lowest BCUT2D eigenvalue weighted by molar-refractivity contribution is 0.0858. The molecule has 17 heavy (non-hydrogen) atoms. The molecule has 0 saturated carbocycles. The average Bonchev–Trinajstić information content (AvgIpc) is 2.34. The Kier molecular flexibility index (Phi) is 4.99. The summed E-state index contributed by atoms with van der Waals surface area (Å²) >= 11 is 0. The Hall–Kier alpha value is -1.04. The monoisotopic (exact) mass is 245 g/mol. The maximum Gasteiger partial charge on any atom is 0.130 e. The van der Waals surface area contributed by atoms with Gasteiger partial charge in [0.05, 0.1) is 18.8 Å². The Morgan fingerprint density at radius 3 is 2.12 bits per heavy atom. The summed E-state index contributed by atoms with van der Waals surface area (Å²) < 4.78 is 26.7. The van der Waals surface area contributed by atoms with Crippen LogP contribution in [-0.4, -0.2) is 29.0 Å². The molecule has 5 heteroatoms. The van der Waals surface area contributed by atoms with Crippen LogP contribution in [0.2, 0.25) is 0 Å². The van der Waals surface area contributed by atoms with Crippen molar-refractivity contribution in [2.24, 2.45) is 0 Å². The molecule has 0 aliphatic carbocycles. The van der Waals surface area contributed by atoms with E-state index in [2.05, 4.69) is 5.32 Å². The molecule has 0 aromatic heterocycles. The minimum atomic E-state index is -0.908. The third-order valence-corrected chi connectivity index (χ3v) is 2.98. The van der Waals surface area contributed by atoms with Crippen LogP contribution in [0.25, 0.3) is 0 Å². The second-order valence-electron chi connectivity index (χ2n) is 4.00. The Morgan fingerprint density at radius 2 is 1.71 bits per heavy atom. The van der Waals surface area contributed by atoms with Crippen molar-refractivity contribution in [3.8, 4) is 0 Å². The molecule has 0 radical (unpaired) electrons. The third kappa shape index (κ3) is 3.21. The molecule has 96 valence electrons. The fourth-order valence-electron chi connectivity index (χ4n) is 1.49. The predicted molar refractivity (Wildman–Crippen MR) is 60.4 cm³/mol. The molecule has 3 N–H and O–H groups in total. The molecule has 1 rings (SSSR count). The number of benzene rings is 1. The molecule has 0 spiro atoms. The van der Waals surface area contributed by atoms with Crippen LogP contribution in [0.4, 0.5) is 8.78 Å². The van der Waals surface area contributed by atoms with Crippen LogP contribution in [0.5, 0.6) is 0 Å². The topological polar surface area (TPSA) is 52.5 Å². The van der Waals surface area contributed by atoms with Gasteiger partial charge in [-0.15, -0.1) is 0 Å². The molecule has 1 aromatic rings.